The molecule has 0 saturated carbocycles. The van der Waals surface area contributed by atoms with Gasteiger partial charge in [0, 0.05) is 25.1 Å². The third-order valence-corrected chi connectivity index (χ3v) is 6.03. The highest BCUT2D eigenvalue weighted by atomic mass is 19.1. The molecule has 0 aliphatic carbocycles. The van der Waals surface area contributed by atoms with Gasteiger partial charge in [0.2, 0.25) is 11.8 Å². The Morgan fingerprint density at radius 3 is 2.59 bits per heavy atom. The van der Waals surface area contributed by atoms with Crippen molar-refractivity contribution in [3.63, 3.8) is 0 Å². The molecule has 3 aromatic heterocycles. The molecule has 4 heterocycles. The van der Waals surface area contributed by atoms with Gasteiger partial charge >= 0.3 is 6.09 Å². The average Bonchev–Trinajstić information content (AvgIpc) is 3.25. The molecule has 4 aromatic rings. The number of para-hydroxylation sites is 1. The number of piperidine rings is 1. The maximum absolute atomic E-state index is 15.2. The van der Waals surface area contributed by atoms with Crippen molar-refractivity contribution in [2.45, 2.75) is 45.1 Å². The first kappa shape index (κ1) is 24.6. The van der Waals surface area contributed by atoms with Gasteiger partial charge in [0.05, 0.1) is 29.0 Å². The number of ether oxygens (including phenoxy) is 2. The molecule has 37 heavy (non-hydrogen) atoms. The molecule has 5 rings (SSSR count). The van der Waals surface area contributed by atoms with Gasteiger partial charge in [0.15, 0.2) is 5.82 Å². The highest BCUT2D eigenvalue weighted by Gasteiger charge is 2.32. The molecule has 1 saturated heterocycles. The van der Waals surface area contributed by atoms with Crippen molar-refractivity contribution in [1.82, 2.24) is 24.6 Å². The van der Waals surface area contributed by atoms with Gasteiger partial charge in [-0.1, -0.05) is 18.2 Å². The fourth-order valence-corrected chi connectivity index (χ4v) is 4.45. The lowest BCUT2D eigenvalue weighted by Crippen LogP contribution is -2.42. The number of hydrogen-bond acceptors (Lipinski definition) is 6. The van der Waals surface area contributed by atoms with Crippen LogP contribution in [0.4, 0.5) is 13.6 Å². The van der Waals surface area contributed by atoms with Crippen LogP contribution in [0.2, 0.25) is 0 Å². The smallest absolute Gasteiger partial charge is 0.410 e. The number of carbonyl (C=O) groups excluding carboxylic acids is 1. The minimum Gasteiger partial charge on any atom is -0.444 e. The largest absolute Gasteiger partial charge is 0.444 e. The Balaban J connectivity index is 1.49. The topological polar surface area (TPSA) is 82.4 Å². The van der Waals surface area contributed by atoms with Gasteiger partial charge in [-0.15, -0.1) is 0 Å². The summed E-state index contributed by atoms with van der Waals surface area (Å²) in [5.41, 5.74) is 0.148. The summed E-state index contributed by atoms with van der Waals surface area (Å²) in [6.07, 6.45) is 3.52. The number of nitrogens with zero attached hydrogens (tertiary/aromatic N) is 5. The van der Waals surface area contributed by atoms with Crippen molar-refractivity contribution >= 4 is 17.0 Å². The molecule has 0 bridgehead atoms. The average molecular weight is 508 g/mol. The number of rotatable bonds is 4. The fourth-order valence-electron chi connectivity index (χ4n) is 4.45. The predicted octanol–water partition coefficient (Wildman–Crippen LogP) is 6.00. The molecule has 1 fully saturated rings. The second kappa shape index (κ2) is 9.76. The number of aromatic nitrogens is 4. The number of likely N-dealkylation sites (tertiary alicyclic amines) is 1. The first-order valence-corrected chi connectivity index (χ1v) is 12.1. The molecule has 0 radical (unpaired) electrons. The first-order valence-electron chi connectivity index (χ1n) is 12.1. The van der Waals surface area contributed by atoms with Crippen molar-refractivity contribution in [3.05, 3.63) is 72.3 Å². The summed E-state index contributed by atoms with van der Waals surface area (Å²) < 4.78 is 42.7. The molecule has 1 aromatic carbocycles. The van der Waals surface area contributed by atoms with E-state index >= 15 is 8.78 Å². The van der Waals surface area contributed by atoms with Crippen molar-refractivity contribution in [1.29, 1.82) is 0 Å². The molecule has 8 nitrogen and oxygen atoms in total. The summed E-state index contributed by atoms with van der Waals surface area (Å²) in [5, 5.41) is 4.87. The van der Waals surface area contributed by atoms with Gasteiger partial charge in [0.1, 0.15) is 17.0 Å². The zero-order chi connectivity index (χ0) is 26.2. The number of carbonyl (C=O) groups is 1. The Kier molecular flexibility index (Phi) is 6.49. The minimum atomic E-state index is -0.826. The fraction of sp³-hybridized carbons (Fsp3) is 0.333. The van der Waals surface area contributed by atoms with Crippen LogP contribution in [0.3, 0.4) is 0 Å². The van der Waals surface area contributed by atoms with Crippen molar-refractivity contribution in [3.8, 4) is 17.3 Å². The Hall–Kier alpha value is -4.08. The first-order chi connectivity index (χ1) is 17.7. The van der Waals surface area contributed by atoms with Crippen LogP contribution in [-0.4, -0.2) is 49.4 Å². The summed E-state index contributed by atoms with van der Waals surface area (Å²) in [4.78, 5) is 22.2. The lowest BCUT2D eigenvalue weighted by Gasteiger charge is -2.33. The maximum Gasteiger partial charge on any atom is 0.410 e. The number of halogens is 2. The number of benzene rings is 1. The van der Waals surface area contributed by atoms with Gasteiger partial charge in [-0.3, -0.25) is 4.98 Å². The van der Waals surface area contributed by atoms with Crippen LogP contribution in [-0.2, 0) is 4.74 Å². The minimum absolute atomic E-state index is 0.0314. The quantitative estimate of drug-likeness (QED) is 0.315. The van der Waals surface area contributed by atoms with Gasteiger partial charge in [0.25, 0.3) is 0 Å². The van der Waals surface area contributed by atoms with E-state index in [2.05, 4.69) is 15.1 Å². The van der Waals surface area contributed by atoms with E-state index in [1.807, 2.05) is 26.8 Å². The standard InChI is InChI=1S/C27H27F2N5O3/c1-27(2,3)37-26(35)33-13-7-8-17(16-33)24-23-19(28)14-30-15-21(23)34(32-24)20-11-12-22(31-25(20)29)36-18-9-5-4-6-10-18/h4-6,9-12,14-15,17H,7-8,13,16H2,1-3H3. The summed E-state index contributed by atoms with van der Waals surface area (Å²) in [5.74, 6) is -1.06. The molecule has 0 N–H and O–H groups in total. The molecular weight excluding hydrogens is 480 g/mol. The number of hydrogen-bond donors (Lipinski definition) is 0. The molecule has 1 amide bonds. The number of amides is 1. The van der Waals surface area contributed by atoms with E-state index in [0.717, 1.165) is 6.20 Å². The molecule has 1 unspecified atom stereocenters. The zero-order valence-electron chi connectivity index (χ0n) is 20.8. The van der Waals surface area contributed by atoms with E-state index in [-0.39, 0.29) is 22.9 Å². The monoisotopic (exact) mass is 507 g/mol. The van der Waals surface area contributed by atoms with Crippen LogP contribution < -0.4 is 4.74 Å². The lowest BCUT2D eigenvalue weighted by molar-refractivity contribution is 0.0197. The SMILES string of the molecule is CC(C)(C)OC(=O)N1CCCC(c2nn(-c3ccc(Oc4ccccc4)nc3F)c3cncc(F)c23)C1. The molecule has 192 valence electrons. The van der Waals surface area contributed by atoms with Gasteiger partial charge in [-0.25, -0.2) is 13.9 Å². The Bertz CT molecular complexity index is 1440. The molecular formula is C27H27F2N5O3. The summed E-state index contributed by atoms with van der Waals surface area (Å²) in [6.45, 7) is 6.27. The summed E-state index contributed by atoms with van der Waals surface area (Å²) >= 11 is 0. The second-order valence-electron chi connectivity index (χ2n) is 9.95. The molecule has 1 aliphatic rings. The third kappa shape index (κ3) is 5.23. The van der Waals surface area contributed by atoms with Crippen LogP contribution in [0.15, 0.2) is 54.9 Å². The molecule has 10 heteroatoms. The Morgan fingerprint density at radius 1 is 1.08 bits per heavy atom. The summed E-state index contributed by atoms with van der Waals surface area (Å²) in [7, 11) is 0. The Labute approximate surface area is 212 Å². The van der Waals surface area contributed by atoms with E-state index < -0.39 is 23.5 Å². The van der Waals surface area contributed by atoms with Crippen molar-refractivity contribution in [2.75, 3.05) is 13.1 Å². The van der Waals surface area contributed by atoms with E-state index in [0.29, 0.717) is 42.9 Å². The van der Waals surface area contributed by atoms with Crippen LogP contribution in [0.1, 0.15) is 45.2 Å². The summed E-state index contributed by atoms with van der Waals surface area (Å²) in [6, 6.07) is 11.9. The molecule has 0 spiro atoms. The van der Waals surface area contributed by atoms with Gasteiger partial charge < -0.3 is 14.4 Å². The third-order valence-electron chi connectivity index (χ3n) is 6.03. The molecule has 1 aliphatic heterocycles. The van der Waals surface area contributed by atoms with Crippen molar-refractivity contribution < 1.29 is 23.0 Å². The highest BCUT2D eigenvalue weighted by Crippen LogP contribution is 2.35. The normalized spacial score (nSPS) is 16.1. The molecule has 1 atom stereocenters. The second-order valence-corrected chi connectivity index (χ2v) is 9.95. The highest BCUT2D eigenvalue weighted by molar-refractivity contribution is 5.84. The van der Waals surface area contributed by atoms with Crippen LogP contribution in [0.25, 0.3) is 16.6 Å². The van der Waals surface area contributed by atoms with Crippen LogP contribution >= 0.6 is 0 Å². The van der Waals surface area contributed by atoms with E-state index in [4.69, 9.17) is 9.47 Å². The van der Waals surface area contributed by atoms with E-state index in [1.54, 1.807) is 29.2 Å². The zero-order valence-corrected chi connectivity index (χ0v) is 20.8. The van der Waals surface area contributed by atoms with Crippen LogP contribution in [0, 0.1) is 11.8 Å². The predicted molar refractivity (Wildman–Crippen MR) is 133 cm³/mol. The number of fused-ring (bicyclic) bond motifs is 1. The van der Waals surface area contributed by atoms with Crippen LogP contribution in [0.5, 0.6) is 11.6 Å². The van der Waals surface area contributed by atoms with Crippen molar-refractivity contribution in [2.24, 2.45) is 0 Å². The van der Waals surface area contributed by atoms with Gasteiger partial charge in [-0.05, 0) is 51.8 Å². The van der Waals surface area contributed by atoms with E-state index in [9.17, 15) is 4.79 Å². The Morgan fingerprint density at radius 2 is 1.86 bits per heavy atom. The van der Waals surface area contributed by atoms with E-state index in [1.165, 1.54) is 23.0 Å². The lowest BCUT2D eigenvalue weighted by atomic mass is 9.93. The maximum atomic E-state index is 15.2. The number of pyridine rings is 2. The van der Waals surface area contributed by atoms with Gasteiger partial charge in [-0.2, -0.15) is 14.5 Å².